The number of esters is 1. The zero-order valence-corrected chi connectivity index (χ0v) is 9.04. The first-order valence-corrected chi connectivity index (χ1v) is 5.35. The number of carbonyl (C=O) groups is 1. The van der Waals surface area contributed by atoms with Gasteiger partial charge in [0.25, 0.3) is 0 Å². The lowest BCUT2D eigenvalue weighted by molar-refractivity contribution is 0.0592. The third kappa shape index (κ3) is 2.77. The van der Waals surface area contributed by atoms with Gasteiger partial charge in [-0.1, -0.05) is 11.1 Å². The van der Waals surface area contributed by atoms with Gasteiger partial charge in [0, 0.05) is 5.75 Å². The summed E-state index contributed by atoms with van der Waals surface area (Å²) in [6.45, 7) is 0. The summed E-state index contributed by atoms with van der Waals surface area (Å²) in [5.74, 6) is -3.13. The van der Waals surface area contributed by atoms with E-state index >= 15 is 0 Å². The van der Waals surface area contributed by atoms with Gasteiger partial charge in [0.05, 0.1) is 7.11 Å². The fraction of sp³-hybridized carbons (Fsp3) is 0.222. The average Bonchev–Trinajstić information content (AvgIpc) is 2.15. The number of methoxy groups -OCH3 is 1. The number of halogens is 1. The van der Waals surface area contributed by atoms with Gasteiger partial charge < -0.3 is 14.4 Å². The van der Waals surface area contributed by atoms with Crippen molar-refractivity contribution in [3.63, 3.8) is 0 Å². The second-order valence-electron chi connectivity index (χ2n) is 2.91. The van der Waals surface area contributed by atoms with Crippen LogP contribution >= 0.6 is 0 Å². The average molecular weight is 247 g/mol. The molecule has 1 rings (SSSR count). The summed E-state index contributed by atoms with van der Waals surface area (Å²) >= 11 is -2.40. The quantitative estimate of drug-likeness (QED) is 0.627. The SMILES string of the molecule is COC(=O)c1c(O)cc(CS(=O)[O-])cc1F. The largest absolute Gasteiger partial charge is 0.772 e. The van der Waals surface area contributed by atoms with Crippen LogP contribution < -0.4 is 0 Å². The van der Waals surface area contributed by atoms with Crippen LogP contribution in [-0.2, 0) is 21.6 Å². The topological polar surface area (TPSA) is 86.7 Å². The fourth-order valence-corrected chi connectivity index (χ4v) is 1.61. The van der Waals surface area contributed by atoms with Crippen molar-refractivity contribution in [3.8, 4) is 5.75 Å². The van der Waals surface area contributed by atoms with Crippen LogP contribution in [0.25, 0.3) is 0 Å². The standard InChI is InChI=1S/C9H9FO5S/c1-15-9(12)8-6(10)2-5(3-7(8)11)4-16(13)14/h2-3,11H,4H2,1H3,(H,13,14)/p-1. The highest BCUT2D eigenvalue weighted by atomic mass is 32.2. The van der Waals surface area contributed by atoms with Crippen LogP contribution in [0.2, 0.25) is 0 Å². The van der Waals surface area contributed by atoms with Gasteiger partial charge in [-0.2, -0.15) is 0 Å². The van der Waals surface area contributed by atoms with Crippen LogP contribution in [0.1, 0.15) is 15.9 Å². The molecule has 0 radical (unpaired) electrons. The molecule has 5 nitrogen and oxygen atoms in total. The van der Waals surface area contributed by atoms with Gasteiger partial charge in [0.1, 0.15) is 17.1 Å². The second-order valence-corrected chi connectivity index (χ2v) is 3.81. The molecule has 1 unspecified atom stereocenters. The number of phenolic OH excluding ortho intramolecular Hbond substituents is 1. The number of carbonyl (C=O) groups excluding carboxylic acids is 1. The first-order chi connectivity index (χ1) is 7.45. The summed E-state index contributed by atoms with van der Waals surface area (Å²) in [6, 6.07) is 1.87. The van der Waals surface area contributed by atoms with Crippen LogP contribution in [0.5, 0.6) is 5.75 Å². The molecule has 0 bridgehead atoms. The Bertz CT molecular complexity index is 423. The van der Waals surface area contributed by atoms with Crippen LogP contribution in [-0.4, -0.2) is 26.9 Å². The number of hydrogen-bond acceptors (Lipinski definition) is 5. The number of aromatic hydroxyl groups is 1. The molecular weight excluding hydrogens is 239 g/mol. The molecule has 0 aromatic heterocycles. The summed E-state index contributed by atoms with van der Waals surface area (Å²) in [5.41, 5.74) is -0.557. The summed E-state index contributed by atoms with van der Waals surface area (Å²) in [4.78, 5) is 11.0. The Morgan fingerprint density at radius 1 is 1.62 bits per heavy atom. The number of ether oxygens (including phenoxy) is 1. The minimum Gasteiger partial charge on any atom is -0.772 e. The van der Waals surface area contributed by atoms with Crippen molar-refractivity contribution in [2.24, 2.45) is 0 Å². The van der Waals surface area contributed by atoms with E-state index in [4.69, 9.17) is 0 Å². The highest BCUT2D eigenvalue weighted by Crippen LogP contribution is 2.24. The van der Waals surface area contributed by atoms with Crippen molar-refractivity contribution >= 4 is 17.0 Å². The van der Waals surface area contributed by atoms with E-state index in [1.807, 2.05) is 0 Å². The maximum Gasteiger partial charge on any atom is 0.344 e. The Labute approximate surface area is 93.1 Å². The normalized spacial score (nSPS) is 12.2. The van der Waals surface area contributed by atoms with E-state index in [-0.39, 0.29) is 5.56 Å². The molecule has 0 aliphatic carbocycles. The van der Waals surface area contributed by atoms with Gasteiger partial charge in [-0.05, 0) is 17.7 Å². The second kappa shape index (κ2) is 5.04. The summed E-state index contributed by atoms with van der Waals surface area (Å²) in [7, 11) is 1.04. The minimum absolute atomic E-state index is 0.0518. The molecular formula is C9H8FO5S-. The number of phenols is 1. The van der Waals surface area contributed by atoms with E-state index in [0.717, 1.165) is 19.2 Å². The molecule has 0 aliphatic heterocycles. The first-order valence-electron chi connectivity index (χ1n) is 4.11. The Hall–Kier alpha value is -1.47. The molecule has 1 N–H and O–H groups in total. The van der Waals surface area contributed by atoms with Gasteiger partial charge in [-0.25, -0.2) is 9.18 Å². The van der Waals surface area contributed by atoms with E-state index in [0.29, 0.717) is 0 Å². The molecule has 88 valence electrons. The number of benzene rings is 1. The summed E-state index contributed by atoms with van der Waals surface area (Å²) < 4.78 is 38.3. The van der Waals surface area contributed by atoms with Gasteiger partial charge in [0.2, 0.25) is 0 Å². The van der Waals surface area contributed by atoms with Crippen LogP contribution in [0.4, 0.5) is 4.39 Å². The van der Waals surface area contributed by atoms with Gasteiger partial charge >= 0.3 is 5.97 Å². The molecule has 0 saturated heterocycles. The molecule has 0 amide bonds. The molecule has 1 atom stereocenters. The van der Waals surface area contributed by atoms with Crippen molar-refractivity contribution in [1.82, 2.24) is 0 Å². The predicted molar refractivity (Wildman–Crippen MR) is 52.0 cm³/mol. The summed E-state index contributed by atoms with van der Waals surface area (Å²) in [6.07, 6.45) is 0. The number of hydrogen-bond donors (Lipinski definition) is 1. The summed E-state index contributed by atoms with van der Waals surface area (Å²) in [5, 5.41) is 9.34. The lowest BCUT2D eigenvalue weighted by Gasteiger charge is -2.09. The Morgan fingerprint density at radius 3 is 2.69 bits per heavy atom. The lowest BCUT2D eigenvalue weighted by atomic mass is 10.1. The molecule has 0 aliphatic rings. The molecule has 1 aromatic rings. The van der Waals surface area contributed by atoms with Crippen LogP contribution in [0, 0.1) is 5.82 Å². The van der Waals surface area contributed by atoms with Crippen LogP contribution in [0.3, 0.4) is 0 Å². The van der Waals surface area contributed by atoms with Gasteiger partial charge in [-0.15, -0.1) is 0 Å². The third-order valence-electron chi connectivity index (χ3n) is 1.80. The zero-order chi connectivity index (χ0) is 12.3. The molecule has 7 heteroatoms. The van der Waals surface area contributed by atoms with Crippen molar-refractivity contribution < 1.29 is 27.8 Å². The molecule has 0 spiro atoms. The molecule has 16 heavy (non-hydrogen) atoms. The monoisotopic (exact) mass is 247 g/mol. The maximum absolute atomic E-state index is 13.3. The Morgan fingerprint density at radius 2 is 2.25 bits per heavy atom. The highest BCUT2D eigenvalue weighted by molar-refractivity contribution is 7.78. The van der Waals surface area contributed by atoms with E-state index in [9.17, 15) is 23.1 Å². The van der Waals surface area contributed by atoms with Gasteiger partial charge in [0.15, 0.2) is 0 Å². The molecule has 0 saturated carbocycles. The smallest absolute Gasteiger partial charge is 0.344 e. The Balaban J connectivity index is 3.17. The highest BCUT2D eigenvalue weighted by Gasteiger charge is 2.18. The van der Waals surface area contributed by atoms with E-state index < -0.39 is 39.9 Å². The maximum atomic E-state index is 13.3. The van der Waals surface area contributed by atoms with Crippen molar-refractivity contribution in [2.75, 3.05) is 7.11 Å². The fourth-order valence-electron chi connectivity index (χ4n) is 1.17. The third-order valence-corrected chi connectivity index (χ3v) is 2.37. The van der Waals surface area contributed by atoms with Crippen molar-refractivity contribution in [3.05, 3.63) is 29.1 Å². The zero-order valence-electron chi connectivity index (χ0n) is 8.23. The van der Waals surface area contributed by atoms with E-state index in [2.05, 4.69) is 4.74 Å². The number of rotatable bonds is 3. The lowest BCUT2D eigenvalue weighted by Crippen LogP contribution is -2.06. The Kier molecular flexibility index (Phi) is 3.97. The van der Waals surface area contributed by atoms with Crippen molar-refractivity contribution in [1.29, 1.82) is 0 Å². The first kappa shape index (κ1) is 12.6. The molecule has 0 fully saturated rings. The molecule has 0 heterocycles. The van der Waals surface area contributed by atoms with Crippen molar-refractivity contribution in [2.45, 2.75) is 5.75 Å². The minimum atomic E-state index is -2.40. The van der Waals surface area contributed by atoms with Gasteiger partial charge in [-0.3, -0.25) is 4.21 Å². The van der Waals surface area contributed by atoms with E-state index in [1.54, 1.807) is 0 Å². The molecule has 1 aromatic carbocycles. The van der Waals surface area contributed by atoms with E-state index in [1.165, 1.54) is 0 Å². The van der Waals surface area contributed by atoms with Crippen LogP contribution in [0.15, 0.2) is 12.1 Å². The predicted octanol–water partition coefficient (Wildman–Crippen LogP) is 0.697.